The molecule has 14 heteroatoms. The van der Waals surface area contributed by atoms with Crippen LogP contribution in [0.1, 0.15) is 48.8 Å². The van der Waals surface area contributed by atoms with Gasteiger partial charge in [-0.1, -0.05) is 29.8 Å². The molecule has 2 fully saturated rings. The number of nitrogens with zero attached hydrogens (tertiary/aromatic N) is 3. The van der Waals surface area contributed by atoms with Gasteiger partial charge in [-0.25, -0.2) is 4.79 Å². The van der Waals surface area contributed by atoms with E-state index in [1.54, 1.807) is 9.80 Å². The molecule has 4 amide bonds. The summed E-state index contributed by atoms with van der Waals surface area (Å²) in [5.41, 5.74) is 5.83. The highest BCUT2D eigenvalue weighted by Crippen LogP contribution is 2.38. The molecule has 4 N–H and O–H groups in total. The summed E-state index contributed by atoms with van der Waals surface area (Å²) in [5.74, 6) is -3.27. The molecule has 2 saturated heterocycles. The van der Waals surface area contributed by atoms with E-state index in [0.29, 0.717) is 38.9 Å². The van der Waals surface area contributed by atoms with Gasteiger partial charge in [-0.2, -0.15) is 13.2 Å². The lowest BCUT2D eigenvalue weighted by Crippen LogP contribution is -2.50. The quantitative estimate of drug-likeness (QED) is 0.361. The predicted molar refractivity (Wildman–Crippen MR) is 165 cm³/mol. The van der Waals surface area contributed by atoms with E-state index in [1.165, 1.54) is 11.0 Å². The Bertz CT molecular complexity index is 1490. The van der Waals surface area contributed by atoms with E-state index in [9.17, 15) is 37.5 Å². The zero-order valence-corrected chi connectivity index (χ0v) is 25.9. The second-order valence-corrected chi connectivity index (χ2v) is 12.6. The third kappa shape index (κ3) is 7.51. The fourth-order valence-corrected chi connectivity index (χ4v) is 6.91. The standard InChI is InChI=1S/C32H37ClF3N5O5/c33-25-17-19(16-24(28(25)37)32(34,35)36)15-22(29(43)40-10-5-21(6-11-40)30(44)45)18-27(42)39-12-8-23(9-13-39)41-14-7-20-3-1-2-4-26(20)38-31(41)46/h1-4,16-17,21-23H,5-15,18,37H2,(H,38,46)(H,44,45). The number of halogens is 4. The van der Waals surface area contributed by atoms with Crippen LogP contribution in [-0.4, -0.2) is 82.4 Å². The topological polar surface area (TPSA) is 136 Å². The molecule has 248 valence electrons. The SMILES string of the molecule is Nc1c(Cl)cc(CC(CC(=O)N2CCC(N3CCc4ccccc4NC3=O)CC2)C(=O)N2CCC(C(=O)O)CC2)cc1C(F)(F)F. The van der Waals surface area contributed by atoms with Crippen molar-refractivity contribution in [2.45, 2.75) is 57.2 Å². The van der Waals surface area contributed by atoms with E-state index in [2.05, 4.69) is 5.32 Å². The Morgan fingerprint density at radius 1 is 1.00 bits per heavy atom. The van der Waals surface area contributed by atoms with Gasteiger partial charge in [0, 0.05) is 50.9 Å². The number of hydrogen-bond donors (Lipinski definition) is 3. The minimum Gasteiger partial charge on any atom is -0.481 e. The van der Waals surface area contributed by atoms with Crippen molar-refractivity contribution in [1.82, 2.24) is 14.7 Å². The molecule has 0 aromatic heterocycles. The highest BCUT2D eigenvalue weighted by molar-refractivity contribution is 6.33. The normalized spacial score (nSPS) is 18.9. The van der Waals surface area contributed by atoms with Gasteiger partial charge in [0.2, 0.25) is 11.8 Å². The number of carbonyl (C=O) groups excluding carboxylic acids is 3. The number of alkyl halides is 3. The number of nitrogens with two attached hydrogens (primary N) is 1. The van der Waals surface area contributed by atoms with Gasteiger partial charge < -0.3 is 30.9 Å². The minimum atomic E-state index is -4.77. The third-order valence-electron chi connectivity index (χ3n) is 9.30. The van der Waals surface area contributed by atoms with Crippen LogP contribution in [0.2, 0.25) is 5.02 Å². The molecule has 0 spiro atoms. The van der Waals surface area contributed by atoms with Gasteiger partial charge in [-0.15, -0.1) is 0 Å². The Morgan fingerprint density at radius 3 is 2.30 bits per heavy atom. The minimum absolute atomic E-state index is 0.0796. The van der Waals surface area contributed by atoms with E-state index in [4.69, 9.17) is 17.3 Å². The van der Waals surface area contributed by atoms with Crippen LogP contribution < -0.4 is 11.1 Å². The Hall–Kier alpha value is -4.00. The van der Waals surface area contributed by atoms with Gasteiger partial charge in [0.15, 0.2) is 0 Å². The first-order chi connectivity index (χ1) is 21.8. The van der Waals surface area contributed by atoms with Crippen LogP contribution in [0.4, 0.5) is 29.3 Å². The second-order valence-electron chi connectivity index (χ2n) is 12.2. The molecular formula is C32H37ClF3N5O5. The fraction of sp³-hybridized carbons (Fsp3) is 0.500. The lowest BCUT2D eigenvalue weighted by atomic mass is 9.90. The van der Waals surface area contributed by atoms with Crippen molar-refractivity contribution >= 4 is 46.8 Å². The monoisotopic (exact) mass is 663 g/mol. The largest absolute Gasteiger partial charge is 0.481 e. The molecule has 3 aliphatic rings. The molecule has 3 aliphatic heterocycles. The number of urea groups is 1. The average Bonchev–Trinajstić information content (AvgIpc) is 3.19. The summed E-state index contributed by atoms with van der Waals surface area (Å²) in [6, 6.07) is 9.52. The Labute approximate surface area is 269 Å². The van der Waals surface area contributed by atoms with Crippen LogP contribution in [0.5, 0.6) is 0 Å². The predicted octanol–water partition coefficient (Wildman–Crippen LogP) is 4.89. The van der Waals surface area contributed by atoms with Crippen LogP contribution in [0.25, 0.3) is 0 Å². The number of para-hydroxylation sites is 1. The van der Waals surface area contributed by atoms with Crippen LogP contribution in [0.3, 0.4) is 0 Å². The van der Waals surface area contributed by atoms with Crippen molar-refractivity contribution < 1.29 is 37.5 Å². The number of piperidine rings is 2. The summed E-state index contributed by atoms with van der Waals surface area (Å²) in [4.78, 5) is 56.7. The molecule has 0 aliphatic carbocycles. The summed E-state index contributed by atoms with van der Waals surface area (Å²) in [6.45, 7) is 1.60. The molecule has 0 radical (unpaired) electrons. The lowest BCUT2D eigenvalue weighted by molar-refractivity contribution is -0.147. The molecule has 0 bridgehead atoms. The van der Waals surface area contributed by atoms with Crippen molar-refractivity contribution in [2.24, 2.45) is 11.8 Å². The van der Waals surface area contributed by atoms with Crippen molar-refractivity contribution in [3.05, 3.63) is 58.1 Å². The number of amides is 4. The molecule has 2 aromatic rings. The summed E-state index contributed by atoms with van der Waals surface area (Å²) >= 11 is 6.05. The van der Waals surface area contributed by atoms with Crippen LogP contribution in [0.15, 0.2) is 36.4 Å². The van der Waals surface area contributed by atoms with E-state index in [1.807, 2.05) is 24.3 Å². The maximum atomic E-state index is 13.7. The first-order valence-electron chi connectivity index (χ1n) is 15.4. The Balaban J connectivity index is 1.27. The number of nitrogen functional groups attached to an aromatic ring is 1. The highest BCUT2D eigenvalue weighted by atomic mass is 35.5. The molecule has 10 nitrogen and oxygen atoms in total. The van der Waals surface area contributed by atoms with Gasteiger partial charge in [-0.05, 0) is 67.9 Å². The zero-order chi connectivity index (χ0) is 33.2. The number of nitrogens with one attached hydrogen (secondary N) is 1. The third-order valence-corrected chi connectivity index (χ3v) is 9.62. The van der Waals surface area contributed by atoms with Crippen molar-refractivity contribution in [3.8, 4) is 0 Å². The number of fused-ring (bicyclic) bond motifs is 1. The van der Waals surface area contributed by atoms with Gasteiger partial charge in [-0.3, -0.25) is 14.4 Å². The maximum Gasteiger partial charge on any atom is 0.418 e. The summed E-state index contributed by atoms with van der Waals surface area (Å²) in [6.07, 6.45) is -2.92. The zero-order valence-electron chi connectivity index (χ0n) is 25.2. The average molecular weight is 664 g/mol. The molecule has 3 heterocycles. The smallest absolute Gasteiger partial charge is 0.418 e. The number of aliphatic carboxylic acids is 1. The van der Waals surface area contributed by atoms with Crippen molar-refractivity contribution in [1.29, 1.82) is 0 Å². The number of benzene rings is 2. The van der Waals surface area contributed by atoms with Gasteiger partial charge in [0.1, 0.15) is 0 Å². The van der Waals surface area contributed by atoms with Crippen molar-refractivity contribution in [3.63, 3.8) is 0 Å². The molecular weight excluding hydrogens is 627 g/mol. The van der Waals surface area contributed by atoms with Crippen LogP contribution in [-0.2, 0) is 33.4 Å². The Morgan fingerprint density at radius 2 is 1.65 bits per heavy atom. The Kier molecular flexibility index (Phi) is 9.99. The summed E-state index contributed by atoms with van der Waals surface area (Å²) in [7, 11) is 0. The molecule has 0 saturated carbocycles. The fourth-order valence-electron chi connectivity index (χ4n) is 6.67. The number of likely N-dealkylation sites (tertiary alicyclic amines) is 2. The molecule has 1 atom stereocenters. The molecule has 1 unspecified atom stereocenters. The number of rotatable bonds is 7. The number of carbonyl (C=O) groups is 4. The summed E-state index contributed by atoms with van der Waals surface area (Å²) < 4.78 is 41.0. The lowest BCUT2D eigenvalue weighted by Gasteiger charge is -2.38. The molecule has 5 rings (SSSR count). The van der Waals surface area contributed by atoms with Gasteiger partial charge in [0.05, 0.1) is 28.1 Å². The maximum absolute atomic E-state index is 13.7. The summed E-state index contributed by atoms with van der Waals surface area (Å²) in [5, 5.41) is 12.0. The van der Waals surface area contributed by atoms with E-state index < -0.39 is 41.1 Å². The highest BCUT2D eigenvalue weighted by Gasteiger charge is 2.37. The first kappa shape index (κ1) is 33.4. The van der Waals surface area contributed by atoms with Gasteiger partial charge >= 0.3 is 18.2 Å². The van der Waals surface area contributed by atoms with Crippen LogP contribution in [0, 0.1) is 11.8 Å². The number of carboxylic acids is 1. The van der Waals surface area contributed by atoms with Gasteiger partial charge in [0.25, 0.3) is 0 Å². The first-order valence-corrected chi connectivity index (χ1v) is 15.8. The number of anilines is 2. The van der Waals surface area contributed by atoms with E-state index >= 15 is 0 Å². The molecule has 2 aromatic carbocycles. The van der Waals surface area contributed by atoms with Crippen LogP contribution >= 0.6 is 11.6 Å². The number of carboxylic acid groups (broad SMARTS) is 1. The number of hydrogen-bond acceptors (Lipinski definition) is 5. The second kappa shape index (κ2) is 13.8. The van der Waals surface area contributed by atoms with E-state index in [-0.39, 0.29) is 67.3 Å². The van der Waals surface area contributed by atoms with E-state index in [0.717, 1.165) is 17.3 Å². The van der Waals surface area contributed by atoms with Crippen molar-refractivity contribution in [2.75, 3.05) is 43.8 Å². The molecule has 46 heavy (non-hydrogen) atoms.